The molecule has 1 aromatic rings. The summed E-state index contributed by atoms with van der Waals surface area (Å²) in [6.45, 7) is 2.45. The number of aliphatic hydroxyl groups excluding tert-OH is 1. The maximum Gasteiger partial charge on any atom is 0.240 e. The Hall–Kier alpha value is -1.07. The van der Waals surface area contributed by atoms with Gasteiger partial charge in [0.25, 0.3) is 0 Å². The number of hydrogen-bond donors (Lipinski definition) is 1. The van der Waals surface area contributed by atoms with E-state index < -0.39 is 11.5 Å². The number of hydrogen-bond acceptors (Lipinski definition) is 3. The van der Waals surface area contributed by atoms with Gasteiger partial charge in [0.15, 0.2) is 0 Å². The number of aliphatic hydroxyl groups is 1. The van der Waals surface area contributed by atoms with Gasteiger partial charge in [-0.15, -0.1) is 11.6 Å². The summed E-state index contributed by atoms with van der Waals surface area (Å²) in [4.78, 5) is 17.2. The second-order valence-corrected chi connectivity index (χ2v) is 4.66. The zero-order valence-corrected chi connectivity index (χ0v) is 9.71. The van der Waals surface area contributed by atoms with Crippen molar-refractivity contribution in [3.63, 3.8) is 0 Å². The second kappa shape index (κ2) is 4.43. The van der Waals surface area contributed by atoms with Gasteiger partial charge in [-0.05, 0) is 6.92 Å². The summed E-state index contributed by atoms with van der Waals surface area (Å²) in [5.41, 5.74) is 0. The standard InChI is InChI=1S/C10H14ClN3O2/c1-7(11)10(16)14-4-8(9(15)5-14)13-3-2-12-6-13/h2-3,6-9,15H,4-5H2,1H3. The van der Waals surface area contributed by atoms with Crippen molar-refractivity contribution in [2.75, 3.05) is 13.1 Å². The van der Waals surface area contributed by atoms with E-state index in [1.54, 1.807) is 30.5 Å². The van der Waals surface area contributed by atoms with E-state index in [1.807, 2.05) is 4.57 Å². The molecule has 3 unspecified atom stereocenters. The Morgan fingerprint density at radius 1 is 1.62 bits per heavy atom. The number of aromatic nitrogens is 2. The molecule has 1 N–H and O–H groups in total. The minimum absolute atomic E-state index is 0.123. The normalized spacial score (nSPS) is 27.1. The molecule has 1 aliphatic rings. The molecule has 6 heteroatoms. The largest absolute Gasteiger partial charge is 0.389 e. The van der Waals surface area contributed by atoms with Crippen LogP contribution in [0.15, 0.2) is 18.7 Å². The van der Waals surface area contributed by atoms with Crippen molar-refractivity contribution < 1.29 is 9.90 Å². The third-order valence-electron chi connectivity index (χ3n) is 2.82. The summed E-state index contributed by atoms with van der Waals surface area (Å²) in [6.07, 6.45) is 4.52. The van der Waals surface area contributed by atoms with Crippen molar-refractivity contribution in [1.82, 2.24) is 14.5 Å². The van der Waals surface area contributed by atoms with Crippen LogP contribution in [0.1, 0.15) is 13.0 Å². The van der Waals surface area contributed by atoms with Gasteiger partial charge in [-0.25, -0.2) is 4.98 Å². The molecule has 1 aliphatic heterocycles. The zero-order valence-electron chi connectivity index (χ0n) is 8.95. The maximum absolute atomic E-state index is 11.7. The fourth-order valence-corrected chi connectivity index (χ4v) is 2.10. The van der Waals surface area contributed by atoms with Crippen LogP contribution in [-0.4, -0.2) is 50.0 Å². The fourth-order valence-electron chi connectivity index (χ4n) is 1.96. The summed E-state index contributed by atoms with van der Waals surface area (Å²) in [5.74, 6) is -0.136. The SMILES string of the molecule is CC(Cl)C(=O)N1CC(O)C(n2ccnc2)C1. The number of amides is 1. The highest BCUT2D eigenvalue weighted by Gasteiger charge is 2.35. The average Bonchev–Trinajstić information content (AvgIpc) is 2.84. The lowest BCUT2D eigenvalue weighted by molar-refractivity contribution is -0.129. The molecule has 2 heterocycles. The van der Waals surface area contributed by atoms with E-state index in [4.69, 9.17) is 11.6 Å². The average molecular weight is 244 g/mol. The van der Waals surface area contributed by atoms with Gasteiger partial charge in [0.05, 0.1) is 18.5 Å². The Kier molecular flexibility index (Phi) is 3.16. The molecule has 3 atom stereocenters. The maximum atomic E-state index is 11.7. The predicted molar refractivity (Wildman–Crippen MR) is 59.2 cm³/mol. The van der Waals surface area contributed by atoms with E-state index in [2.05, 4.69) is 4.98 Å². The molecule has 1 amide bonds. The van der Waals surface area contributed by atoms with Gasteiger partial charge >= 0.3 is 0 Å². The van der Waals surface area contributed by atoms with E-state index in [-0.39, 0.29) is 11.9 Å². The minimum Gasteiger partial charge on any atom is -0.389 e. The molecule has 0 aromatic carbocycles. The molecule has 0 bridgehead atoms. The van der Waals surface area contributed by atoms with Crippen LogP contribution >= 0.6 is 11.6 Å². The van der Waals surface area contributed by atoms with Crippen LogP contribution in [0.5, 0.6) is 0 Å². The topological polar surface area (TPSA) is 58.4 Å². The molecule has 2 rings (SSSR count). The lowest BCUT2D eigenvalue weighted by atomic mass is 10.2. The number of carbonyl (C=O) groups excluding carboxylic acids is 1. The molecule has 0 spiro atoms. The summed E-state index contributed by atoms with van der Waals surface area (Å²) < 4.78 is 1.82. The van der Waals surface area contributed by atoms with Crippen LogP contribution in [0.2, 0.25) is 0 Å². The van der Waals surface area contributed by atoms with E-state index in [0.29, 0.717) is 13.1 Å². The molecule has 0 radical (unpaired) electrons. The number of nitrogens with zero attached hydrogens (tertiary/aromatic N) is 3. The Morgan fingerprint density at radius 3 is 2.94 bits per heavy atom. The Morgan fingerprint density at radius 2 is 2.38 bits per heavy atom. The number of β-amino-alcohol motifs (C(OH)–C–C–N with tert-alkyl or cyclic N) is 1. The molecule has 1 saturated heterocycles. The first-order valence-electron chi connectivity index (χ1n) is 5.18. The highest BCUT2D eigenvalue weighted by atomic mass is 35.5. The predicted octanol–water partition coefficient (Wildman–Crippen LogP) is 0.255. The van der Waals surface area contributed by atoms with Gasteiger partial charge in [0, 0.05) is 25.5 Å². The van der Waals surface area contributed by atoms with Crippen molar-refractivity contribution in [2.45, 2.75) is 24.4 Å². The molecule has 1 aromatic heterocycles. The lowest BCUT2D eigenvalue weighted by Gasteiger charge is -2.17. The Bertz CT molecular complexity index is 366. The summed E-state index contributed by atoms with van der Waals surface area (Å²) in [5, 5.41) is 9.33. The highest BCUT2D eigenvalue weighted by molar-refractivity contribution is 6.30. The third kappa shape index (κ3) is 2.05. The molecule has 0 aliphatic carbocycles. The van der Waals surface area contributed by atoms with Gasteiger partial charge < -0.3 is 14.6 Å². The number of rotatable bonds is 2. The van der Waals surface area contributed by atoms with E-state index in [9.17, 15) is 9.90 Å². The van der Waals surface area contributed by atoms with Crippen LogP contribution in [-0.2, 0) is 4.79 Å². The van der Waals surface area contributed by atoms with Gasteiger partial charge in [-0.1, -0.05) is 0 Å². The van der Waals surface area contributed by atoms with E-state index >= 15 is 0 Å². The number of halogens is 1. The molecule has 1 fully saturated rings. The minimum atomic E-state index is -0.562. The van der Waals surface area contributed by atoms with Crippen molar-refractivity contribution in [1.29, 1.82) is 0 Å². The van der Waals surface area contributed by atoms with E-state index in [0.717, 1.165) is 0 Å². The first-order valence-corrected chi connectivity index (χ1v) is 5.61. The molecule has 5 nitrogen and oxygen atoms in total. The monoisotopic (exact) mass is 243 g/mol. The summed E-state index contributed by atoms with van der Waals surface area (Å²) in [7, 11) is 0. The number of imidazole rings is 1. The molecule has 88 valence electrons. The number of carbonyl (C=O) groups is 1. The van der Waals surface area contributed by atoms with Crippen molar-refractivity contribution >= 4 is 17.5 Å². The Labute approximate surface area is 98.6 Å². The van der Waals surface area contributed by atoms with Gasteiger partial charge in [0.1, 0.15) is 5.38 Å². The molecular weight excluding hydrogens is 230 g/mol. The molecule has 16 heavy (non-hydrogen) atoms. The fraction of sp³-hybridized carbons (Fsp3) is 0.600. The van der Waals surface area contributed by atoms with Gasteiger partial charge in [0.2, 0.25) is 5.91 Å². The van der Waals surface area contributed by atoms with Crippen LogP contribution in [0.4, 0.5) is 0 Å². The van der Waals surface area contributed by atoms with Crippen molar-refractivity contribution in [3.8, 4) is 0 Å². The van der Waals surface area contributed by atoms with E-state index in [1.165, 1.54) is 0 Å². The Balaban J connectivity index is 2.08. The first kappa shape index (κ1) is 11.4. The van der Waals surface area contributed by atoms with Crippen LogP contribution < -0.4 is 0 Å². The van der Waals surface area contributed by atoms with Crippen LogP contribution in [0.25, 0.3) is 0 Å². The highest BCUT2D eigenvalue weighted by Crippen LogP contribution is 2.23. The van der Waals surface area contributed by atoms with Crippen LogP contribution in [0, 0.1) is 0 Å². The zero-order chi connectivity index (χ0) is 11.7. The molecular formula is C10H14ClN3O2. The summed E-state index contributed by atoms with van der Waals surface area (Å²) in [6, 6.07) is -0.123. The quantitative estimate of drug-likeness (QED) is 0.758. The lowest BCUT2D eigenvalue weighted by Crippen LogP contribution is -2.34. The summed E-state index contributed by atoms with van der Waals surface area (Å²) >= 11 is 5.74. The number of alkyl halides is 1. The van der Waals surface area contributed by atoms with Gasteiger partial charge in [-0.3, -0.25) is 4.79 Å². The third-order valence-corrected chi connectivity index (χ3v) is 3.01. The first-order chi connectivity index (χ1) is 7.59. The van der Waals surface area contributed by atoms with Crippen molar-refractivity contribution in [2.24, 2.45) is 0 Å². The molecule has 0 saturated carbocycles. The second-order valence-electron chi connectivity index (χ2n) is 4.00. The van der Waals surface area contributed by atoms with Crippen molar-refractivity contribution in [3.05, 3.63) is 18.7 Å². The van der Waals surface area contributed by atoms with Gasteiger partial charge in [-0.2, -0.15) is 0 Å². The smallest absolute Gasteiger partial charge is 0.240 e. The number of likely N-dealkylation sites (tertiary alicyclic amines) is 1. The van der Waals surface area contributed by atoms with Crippen LogP contribution in [0.3, 0.4) is 0 Å².